The standard InChI is InChI=1S/C12H17N3/c1-2-5-10(4-1)15-9-13-8-12(15)11-6-3-7-14-11/h1-2,8-11,14H,3-7H2. The first kappa shape index (κ1) is 9.16. The van der Waals surface area contributed by atoms with Gasteiger partial charge in [0.2, 0.25) is 0 Å². The van der Waals surface area contributed by atoms with E-state index >= 15 is 0 Å². The van der Waals surface area contributed by atoms with Crippen LogP contribution in [0.5, 0.6) is 0 Å². The molecule has 80 valence electrons. The summed E-state index contributed by atoms with van der Waals surface area (Å²) in [4.78, 5) is 4.31. The van der Waals surface area contributed by atoms with E-state index in [9.17, 15) is 0 Å². The van der Waals surface area contributed by atoms with Gasteiger partial charge in [-0.3, -0.25) is 0 Å². The van der Waals surface area contributed by atoms with E-state index in [1.54, 1.807) is 0 Å². The number of hydrogen-bond acceptors (Lipinski definition) is 2. The maximum Gasteiger partial charge on any atom is 0.0951 e. The van der Waals surface area contributed by atoms with Gasteiger partial charge < -0.3 is 9.88 Å². The molecule has 0 aromatic carbocycles. The smallest absolute Gasteiger partial charge is 0.0951 e. The van der Waals surface area contributed by atoms with Gasteiger partial charge in [0.1, 0.15) is 0 Å². The molecule has 0 amide bonds. The number of allylic oxidation sites excluding steroid dienone is 2. The third-order valence-electron chi connectivity index (χ3n) is 3.49. The molecule has 1 N–H and O–H groups in total. The average molecular weight is 203 g/mol. The zero-order valence-corrected chi connectivity index (χ0v) is 8.89. The Balaban J connectivity index is 1.84. The van der Waals surface area contributed by atoms with E-state index in [1.165, 1.54) is 18.5 Å². The number of nitrogens with one attached hydrogen (secondary N) is 1. The van der Waals surface area contributed by atoms with Crippen LogP contribution in [0.3, 0.4) is 0 Å². The van der Waals surface area contributed by atoms with Crippen molar-refractivity contribution in [2.45, 2.75) is 37.8 Å². The van der Waals surface area contributed by atoms with E-state index in [0.29, 0.717) is 12.1 Å². The number of hydrogen-bond donors (Lipinski definition) is 1. The Bertz CT molecular complexity index is 336. The first-order valence-electron chi connectivity index (χ1n) is 5.85. The van der Waals surface area contributed by atoms with Crippen LogP contribution in [0.1, 0.15) is 43.5 Å². The fourth-order valence-corrected chi connectivity index (χ4v) is 2.66. The van der Waals surface area contributed by atoms with Crippen molar-refractivity contribution in [3.63, 3.8) is 0 Å². The SMILES string of the molecule is C1=CCC(n2cncc2C2CCCN2)C1. The predicted molar refractivity (Wildman–Crippen MR) is 59.6 cm³/mol. The zero-order chi connectivity index (χ0) is 10.1. The second-order valence-corrected chi connectivity index (χ2v) is 4.47. The summed E-state index contributed by atoms with van der Waals surface area (Å²) in [5.74, 6) is 0. The molecule has 1 atom stereocenters. The van der Waals surface area contributed by atoms with E-state index in [4.69, 9.17) is 0 Å². The molecule has 0 bridgehead atoms. The number of rotatable bonds is 2. The van der Waals surface area contributed by atoms with Crippen molar-refractivity contribution in [1.82, 2.24) is 14.9 Å². The molecule has 1 aromatic heterocycles. The van der Waals surface area contributed by atoms with Crippen molar-refractivity contribution in [3.8, 4) is 0 Å². The summed E-state index contributed by atoms with van der Waals surface area (Å²) in [6.07, 6.45) is 13.4. The quantitative estimate of drug-likeness (QED) is 0.747. The van der Waals surface area contributed by atoms with Gasteiger partial charge in [0.15, 0.2) is 0 Å². The van der Waals surface area contributed by atoms with Gasteiger partial charge in [0.25, 0.3) is 0 Å². The molecule has 1 aliphatic carbocycles. The summed E-state index contributed by atoms with van der Waals surface area (Å²) in [6, 6.07) is 1.15. The Morgan fingerprint density at radius 3 is 2.93 bits per heavy atom. The van der Waals surface area contributed by atoms with Crippen LogP contribution in [0.15, 0.2) is 24.7 Å². The van der Waals surface area contributed by atoms with Crippen molar-refractivity contribution in [1.29, 1.82) is 0 Å². The highest BCUT2D eigenvalue weighted by molar-refractivity contribution is 5.11. The van der Waals surface area contributed by atoms with Crippen LogP contribution >= 0.6 is 0 Å². The van der Waals surface area contributed by atoms with Gasteiger partial charge in [0, 0.05) is 18.3 Å². The van der Waals surface area contributed by atoms with Gasteiger partial charge >= 0.3 is 0 Å². The first-order chi connectivity index (χ1) is 7.45. The van der Waals surface area contributed by atoms with Gasteiger partial charge in [-0.05, 0) is 32.2 Å². The molecule has 3 rings (SSSR count). The molecule has 0 spiro atoms. The molecule has 1 aliphatic heterocycles. The zero-order valence-electron chi connectivity index (χ0n) is 8.89. The van der Waals surface area contributed by atoms with E-state index in [-0.39, 0.29) is 0 Å². The molecule has 1 fully saturated rings. The molecule has 0 saturated carbocycles. The molecule has 2 aliphatic rings. The third kappa shape index (κ3) is 1.61. The van der Waals surface area contributed by atoms with E-state index < -0.39 is 0 Å². The fraction of sp³-hybridized carbons (Fsp3) is 0.583. The average Bonchev–Trinajstić information content (AvgIpc) is 3.01. The number of nitrogens with zero attached hydrogens (tertiary/aromatic N) is 2. The van der Waals surface area contributed by atoms with Crippen molar-refractivity contribution in [2.24, 2.45) is 0 Å². The lowest BCUT2D eigenvalue weighted by Gasteiger charge is -2.18. The summed E-state index contributed by atoms with van der Waals surface area (Å²) < 4.78 is 2.36. The first-order valence-corrected chi connectivity index (χ1v) is 5.85. The van der Waals surface area contributed by atoms with Crippen molar-refractivity contribution in [2.75, 3.05) is 6.54 Å². The third-order valence-corrected chi connectivity index (χ3v) is 3.49. The maximum absolute atomic E-state index is 4.31. The lowest BCUT2D eigenvalue weighted by molar-refractivity contribution is 0.482. The van der Waals surface area contributed by atoms with E-state index in [2.05, 4.69) is 27.0 Å². The predicted octanol–water partition coefficient (Wildman–Crippen LogP) is 2.20. The highest BCUT2D eigenvalue weighted by Crippen LogP contribution is 2.30. The molecule has 3 heteroatoms. The second kappa shape index (κ2) is 3.81. The van der Waals surface area contributed by atoms with Gasteiger partial charge in [-0.15, -0.1) is 0 Å². The summed E-state index contributed by atoms with van der Waals surface area (Å²) in [7, 11) is 0. The largest absolute Gasteiger partial charge is 0.329 e. The minimum atomic E-state index is 0.535. The molecular formula is C12H17N3. The molecule has 1 unspecified atom stereocenters. The summed E-state index contributed by atoms with van der Waals surface area (Å²) in [5.41, 5.74) is 1.38. The lowest BCUT2D eigenvalue weighted by atomic mass is 10.1. The van der Waals surface area contributed by atoms with Crippen LogP contribution < -0.4 is 5.32 Å². The van der Waals surface area contributed by atoms with Gasteiger partial charge in [0.05, 0.1) is 12.0 Å². The molecule has 0 radical (unpaired) electrons. The Hall–Kier alpha value is -1.09. The van der Waals surface area contributed by atoms with Crippen LogP contribution in [-0.4, -0.2) is 16.1 Å². The topological polar surface area (TPSA) is 29.9 Å². The molecule has 1 aromatic rings. The minimum Gasteiger partial charge on any atom is -0.329 e. The van der Waals surface area contributed by atoms with Crippen LogP contribution in [-0.2, 0) is 0 Å². The second-order valence-electron chi connectivity index (χ2n) is 4.47. The minimum absolute atomic E-state index is 0.535. The van der Waals surface area contributed by atoms with Crippen LogP contribution in [0.25, 0.3) is 0 Å². The monoisotopic (exact) mass is 203 g/mol. The van der Waals surface area contributed by atoms with Gasteiger partial charge in [-0.25, -0.2) is 4.98 Å². The van der Waals surface area contributed by atoms with Crippen LogP contribution in [0, 0.1) is 0 Å². The van der Waals surface area contributed by atoms with Gasteiger partial charge in [-0.1, -0.05) is 12.2 Å². The fourth-order valence-electron chi connectivity index (χ4n) is 2.66. The molecule has 15 heavy (non-hydrogen) atoms. The highest BCUT2D eigenvalue weighted by atomic mass is 15.1. The van der Waals surface area contributed by atoms with Crippen LogP contribution in [0.2, 0.25) is 0 Å². The Kier molecular flexibility index (Phi) is 2.33. The number of imidazole rings is 1. The molecule has 1 saturated heterocycles. The Morgan fingerprint density at radius 1 is 1.33 bits per heavy atom. The highest BCUT2D eigenvalue weighted by Gasteiger charge is 2.23. The number of aromatic nitrogens is 2. The van der Waals surface area contributed by atoms with Crippen LogP contribution in [0.4, 0.5) is 0 Å². The van der Waals surface area contributed by atoms with Crippen molar-refractivity contribution < 1.29 is 0 Å². The van der Waals surface area contributed by atoms with Crippen molar-refractivity contribution >= 4 is 0 Å². The van der Waals surface area contributed by atoms with Gasteiger partial charge in [-0.2, -0.15) is 0 Å². The normalized spacial score (nSPS) is 26.5. The molecule has 2 heterocycles. The van der Waals surface area contributed by atoms with E-state index in [0.717, 1.165) is 19.4 Å². The Morgan fingerprint density at radius 2 is 2.20 bits per heavy atom. The summed E-state index contributed by atoms with van der Waals surface area (Å²) in [5, 5.41) is 3.54. The molecular weight excluding hydrogens is 186 g/mol. The summed E-state index contributed by atoms with van der Waals surface area (Å²) in [6.45, 7) is 1.15. The maximum atomic E-state index is 4.31. The van der Waals surface area contributed by atoms with Crippen molar-refractivity contribution in [3.05, 3.63) is 30.4 Å². The van der Waals surface area contributed by atoms with E-state index in [1.807, 2.05) is 12.5 Å². The Labute approximate surface area is 90.2 Å². The lowest BCUT2D eigenvalue weighted by Crippen LogP contribution is -2.18. The molecule has 3 nitrogen and oxygen atoms in total. The summed E-state index contributed by atoms with van der Waals surface area (Å²) >= 11 is 0.